The molecule has 0 amide bonds. The molecule has 0 aliphatic heterocycles. The van der Waals surface area contributed by atoms with Crippen LogP contribution in [0.3, 0.4) is 0 Å². The van der Waals surface area contributed by atoms with E-state index in [4.69, 9.17) is 15.2 Å². The van der Waals surface area contributed by atoms with Crippen molar-refractivity contribution in [1.29, 1.82) is 0 Å². The smallest absolute Gasteiger partial charge is 0.193 e. The third kappa shape index (κ3) is 7.07. The Bertz CT molecular complexity index is 721. The number of rotatable bonds is 7. The number of nitrogens with two attached hydrogens (primary N) is 1. The lowest BCUT2D eigenvalue weighted by Gasteiger charge is -2.11. The molecular formula is C19H25FIN3O2. The van der Waals surface area contributed by atoms with Crippen molar-refractivity contribution < 1.29 is 13.9 Å². The number of benzene rings is 2. The predicted molar refractivity (Wildman–Crippen MR) is 114 cm³/mol. The predicted octanol–water partition coefficient (Wildman–Crippen LogP) is 4.56. The summed E-state index contributed by atoms with van der Waals surface area (Å²) in [5, 5.41) is 2.99. The molecule has 0 aliphatic carbocycles. The topological polar surface area (TPSA) is 68.9 Å². The normalized spacial score (nSPS) is 11.0. The van der Waals surface area contributed by atoms with Gasteiger partial charge in [-0.1, -0.05) is 6.07 Å². The lowest BCUT2D eigenvalue weighted by molar-refractivity contribution is 0.242. The molecule has 0 saturated heterocycles. The van der Waals surface area contributed by atoms with E-state index >= 15 is 0 Å². The summed E-state index contributed by atoms with van der Waals surface area (Å²) in [6, 6.07) is 12.2. The maximum absolute atomic E-state index is 13.8. The summed E-state index contributed by atoms with van der Waals surface area (Å²) >= 11 is 0. The Morgan fingerprint density at radius 1 is 1.19 bits per heavy atom. The average Bonchev–Trinajstić information content (AvgIpc) is 2.57. The van der Waals surface area contributed by atoms with Gasteiger partial charge in [0.05, 0.1) is 19.3 Å². The molecule has 0 spiro atoms. The van der Waals surface area contributed by atoms with Crippen LogP contribution in [0.2, 0.25) is 0 Å². The van der Waals surface area contributed by atoms with Gasteiger partial charge in [-0.2, -0.15) is 0 Å². The number of halogens is 2. The molecule has 2 aromatic rings. The SMILES string of the molecule is CCOc1ccc(CN=C(N)Nc2ccc(OC(C)C)cc2)cc1F.I. The first-order valence-electron chi connectivity index (χ1n) is 8.22. The first-order valence-corrected chi connectivity index (χ1v) is 8.22. The Hall–Kier alpha value is -2.03. The molecule has 5 nitrogen and oxygen atoms in total. The van der Waals surface area contributed by atoms with E-state index in [1.54, 1.807) is 12.1 Å². The highest BCUT2D eigenvalue weighted by Crippen LogP contribution is 2.19. The summed E-state index contributed by atoms with van der Waals surface area (Å²) in [5.74, 6) is 0.889. The van der Waals surface area contributed by atoms with Gasteiger partial charge in [0, 0.05) is 5.69 Å². The zero-order valence-electron chi connectivity index (χ0n) is 15.2. The highest BCUT2D eigenvalue weighted by molar-refractivity contribution is 14.0. The van der Waals surface area contributed by atoms with Crippen molar-refractivity contribution in [3.8, 4) is 11.5 Å². The van der Waals surface area contributed by atoms with Crippen molar-refractivity contribution in [1.82, 2.24) is 0 Å². The van der Waals surface area contributed by atoms with Gasteiger partial charge < -0.3 is 20.5 Å². The standard InChI is InChI=1S/C19H24FN3O2.HI/c1-4-24-18-10-5-14(11-17(18)20)12-22-19(21)23-15-6-8-16(9-7-15)25-13(2)3;/h5-11,13H,4,12H2,1-3H3,(H3,21,22,23);1H. The number of nitrogens with zero attached hydrogens (tertiary/aromatic N) is 1. The second-order valence-corrected chi connectivity index (χ2v) is 5.72. The van der Waals surface area contributed by atoms with Crippen LogP contribution in [0.1, 0.15) is 26.3 Å². The van der Waals surface area contributed by atoms with Crippen LogP contribution in [0.25, 0.3) is 0 Å². The zero-order valence-corrected chi connectivity index (χ0v) is 17.5. The fraction of sp³-hybridized carbons (Fsp3) is 0.316. The molecule has 2 rings (SSSR count). The van der Waals surface area contributed by atoms with Gasteiger partial charge in [0.1, 0.15) is 5.75 Å². The first kappa shape index (κ1) is 22.0. The van der Waals surface area contributed by atoms with E-state index in [1.807, 2.05) is 45.0 Å². The summed E-state index contributed by atoms with van der Waals surface area (Å²) in [5.41, 5.74) is 7.39. The summed E-state index contributed by atoms with van der Waals surface area (Å²) in [7, 11) is 0. The van der Waals surface area contributed by atoms with Crippen molar-refractivity contribution in [2.24, 2.45) is 10.7 Å². The van der Waals surface area contributed by atoms with E-state index in [9.17, 15) is 4.39 Å². The molecule has 7 heteroatoms. The van der Waals surface area contributed by atoms with E-state index in [1.165, 1.54) is 6.07 Å². The molecule has 0 aliphatic rings. The number of ether oxygens (including phenoxy) is 2. The summed E-state index contributed by atoms with van der Waals surface area (Å²) in [6.45, 7) is 6.45. The number of aliphatic imine (C=N–C) groups is 1. The molecule has 0 radical (unpaired) electrons. The van der Waals surface area contributed by atoms with Crippen molar-refractivity contribution in [2.45, 2.75) is 33.4 Å². The van der Waals surface area contributed by atoms with Gasteiger partial charge >= 0.3 is 0 Å². The molecule has 0 atom stereocenters. The van der Waals surface area contributed by atoms with E-state index < -0.39 is 5.82 Å². The fourth-order valence-corrected chi connectivity index (χ4v) is 2.17. The van der Waals surface area contributed by atoms with Crippen molar-refractivity contribution in [3.05, 3.63) is 53.8 Å². The largest absolute Gasteiger partial charge is 0.491 e. The number of guanidine groups is 1. The van der Waals surface area contributed by atoms with Crippen LogP contribution >= 0.6 is 24.0 Å². The Labute approximate surface area is 170 Å². The van der Waals surface area contributed by atoms with Gasteiger partial charge in [-0.25, -0.2) is 9.38 Å². The third-order valence-electron chi connectivity index (χ3n) is 3.23. The van der Waals surface area contributed by atoms with Gasteiger partial charge in [-0.15, -0.1) is 24.0 Å². The van der Waals surface area contributed by atoms with Gasteiger partial charge in [0.25, 0.3) is 0 Å². The first-order chi connectivity index (χ1) is 12.0. The van der Waals surface area contributed by atoms with Crippen LogP contribution in [-0.4, -0.2) is 18.7 Å². The minimum Gasteiger partial charge on any atom is -0.491 e. The molecule has 26 heavy (non-hydrogen) atoms. The maximum atomic E-state index is 13.8. The maximum Gasteiger partial charge on any atom is 0.193 e. The highest BCUT2D eigenvalue weighted by Gasteiger charge is 2.04. The quantitative estimate of drug-likeness (QED) is 0.352. The van der Waals surface area contributed by atoms with E-state index in [-0.39, 0.29) is 48.3 Å². The van der Waals surface area contributed by atoms with Crippen molar-refractivity contribution in [2.75, 3.05) is 11.9 Å². The number of anilines is 1. The average molecular weight is 473 g/mol. The Morgan fingerprint density at radius 3 is 2.46 bits per heavy atom. The van der Waals surface area contributed by atoms with Crippen LogP contribution in [0.15, 0.2) is 47.5 Å². The minimum atomic E-state index is -0.401. The summed E-state index contributed by atoms with van der Waals surface area (Å²) < 4.78 is 24.6. The molecule has 0 aromatic heterocycles. The Balaban J connectivity index is 0.00000338. The molecular weight excluding hydrogens is 448 g/mol. The monoisotopic (exact) mass is 473 g/mol. The van der Waals surface area contributed by atoms with E-state index in [2.05, 4.69) is 10.3 Å². The number of hydrogen-bond donors (Lipinski definition) is 2. The zero-order chi connectivity index (χ0) is 18.2. The molecule has 142 valence electrons. The molecule has 0 bridgehead atoms. The second-order valence-electron chi connectivity index (χ2n) is 5.72. The lowest BCUT2D eigenvalue weighted by Crippen LogP contribution is -2.22. The van der Waals surface area contributed by atoms with Crippen molar-refractivity contribution >= 4 is 35.6 Å². The van der Waals surface area contributed by atoms with Crippen LogP contribution in [0.4, 0.5) is 10.1 Å². The molecule has 3 N–H and O–H groups in total. The van der Waals surface area contributed by atoms with Gasteiger partial charge in [0.2, 0.25) is 0 Å². The second kappa shape index (κ2) is 10.8. The lowest BCUT2D eigenvalue weighted by atomic mass is 10.2. The molecule has 0 unspecified atom stereocenters. The number of hydrogen-bond acceptors (Lipinski definition) is 3. The van der Waals surface area contributed by atoms with Crippen LogP contribution in [0, 0.1) is 5.82 Å². The summed E-state index contributed by atoms with van der Waals surface area (Å²) in [6.07, 6.45) is 0.125. The fourth-order valence-electron chi connectivity index (χ4n) is 2.17. The molecule has 0 fully saturated rings. The third-order valence-corrected chi connectivity index (χ3v) is 3.23. The van der Waals surface area contributed by atoms with Gasteiger partial charge in [-0.3, -0.25) is 0 Å². The Morgan fingerprint density at radius 2 is 1.88 bits per heavy atom. The van der Waals surface area contributed by atoms with Crippen LogP contribution < -0.4 is 20.5 Å². The number of nitrogens with one attached hydrogen (secondary N) is 1. The van der Waals surface area contributed by atoms with Crippen LogP contribution in [0.5, 0.6) is 11.5 Å². The molecule has 2 aromatic carbocycles. The van der Waals surface area contributed by atoms with Crippen molar-refractivity contribution in [3.63, 3.8) is 0 Å². The molecule has 0 saturated carbocycles. The van der Waals surface area contributed by atoms with Gasteiger partial charge in [0.15, 0.2) is 17.5 Å². The highest BCUT2D eigenvalue weighted by atomic mass is 127. The van der Waals surface area contributed by atoms with Crippen LogP contribution in [-0.2, 0) is 6.54 Å². The molecule has 0 heterocycles. The van der Waals surface area contributed by atoms with E-state index in [0.717, 1.165) is 11.4 Å². The summed E-state index contributed by atoms with van der Waals surface area (Å²) in [4.78, 5) is 4.22. The minimum absolute atomic E-state index is 0. The Kier molecular flexibility index (Phi) is 9.18. The van der Waals surface area contributed by atoms with E-state index in [0.29, 0.717) is 12.2 Å². The van der Waals surface area contributed by atoms with Gasteiger partial charge in [-0.05, 0) is 62.7 Å².